The van der Waals surface area contributed by atoms with E-state index in [9.17, 15) is 4.79 Å². The predicted molar refractivity (Wildman–Crippen MR) is 77.9 cm³/mol. The van der Waals surface area contributed by atoms with Gasteiger partial charge in [-0.25, -0.2) is 4.98 Å². The molecular weight excluding hydrogens is 258 g/mol. The Kier molecular flexibility index (Phi) is 4.52. The van der Waals surface area contributed by atoms with Crippen LogP contribution in [0.1, 0.15) is 21.9 Å². The number of anilines is 1. The standard InChI is InChI=1S/C14H17N3OS/c1-10-16-8-12(19-10)9-17-14(18)7-6-11-4-2-3-5-13(11)15/h2-5,8H,6-7,9,15H2,1H3,(H,17,18). The van der Waals surface area contributed by atoms with E-state index in [0.29, 0.717) is 19.4 Å². The number of para-hydroxylation sites is 1. The molecule has 0 unspecified atom stereocenters. The van der Waals surface area contributed by atoms with Gasteiger partial charge in [-0.15, -0.1) is 11.3 Å². The molecule has 0 atom stereocenters. The Labute approximate surface area is 116 Å². The van der Waals surface area contributed by atoms with E-state index in [1.807, 2.05) is 31.2 Å². The van der Waals surface area contributed by atoms with Crippen molar-refractivity contribution in [3.05, 3.63) is 45.9 Å². The Morgan fingerprint density at radius 3 is 2.89 bits per heavy atom. The number of rotatable bonds is 5. The molecule has 2 aromatic rings. The Hall–Kier alpha value is -1.88. The summed E-state index contributed by atoms with van der Waals surface area (Å²) in [6, 6.07) is 7.64. The first-order valence-electron chi connectivity index (χ1n) is 6.16. The molecule has 0 aliphatic carbocycles. The zero-order valence-corrected chi connectivity index (χ0v) is 11.7. The molecule has 100 valence electrons. The van der Waals surface area contributed by atoms with Crippen molar-refractivity contribution in [2.45, 2.75) is 26.3 Å². The highest BCUT2D eigenvalue weighted by Crippen LogP contribution is 2.13. The van der Waals surface area contributed by atoms with E-state index < -0.39 is 0 Å². The minimum Gasteiger partial charge on any atom is -0.399 e. The van der Waals surface area contributed by atoms with Crippen molar-refractivity contribution in [3.8, 4) is 0 Å². The van der Waals surface area contributed by atoms with Crippen LogP contribution >= 0.6 is 11.3 Å². The number of carbonyl (C=O) groups is 1. The lowest BCUT2D eigenvalue weighted by molar-refractivity contribution is -0.121. The molecule has 19 heavy (non-hydrogen) atoms. The minimum absolute atomic E-state index is 0.0364. The number of nitrogens with two attached hydrogens (primary N) is 1. The number of nitrogens with one attached hydrogen (secondary N) is 1. The van der Waals surface area contributed by atoms with E-state index in [1.54, 1.807) is 17.5 Å². The Bertz CT molecular complexity index is 565. The van der Waals surface area contributed by atoms with Crippen molar-refractivity contribution in [2.24, 2.45) is 0 Å². The average Bonchev–Trinajstić information content (AvgIpc) is 2.81. The first-order chi connectivity index (χ1) is 9.15. The smallest absolute Gasteiger partial charge is 0.220 e. The molecule has 1 heterocycles. The maximum atomic E-state index is 11.7. The summed E-state index contributed by atoms with van der Waals surface area (Å²) in [6.45, 7) is 2.50. The number of aryl methyl sites for hydroxylation is 2. The average molecular weight is 275 g/mol. The molecule has 1 aromatic heterocycles. The second-order valence-corrected chi connectivity index (χ2v) is 5.64. The summed E-state index contributed by atoms with van der Waals surface area (Å²) in [7, 11) is 0. The maximum Gasteiger partial charge on any atom is 0.220 e. The van der Waals surface area contributed by atoms with Crippen molar-refractivity contribution >= 4 is 22.9 Å². The van der Waals surface area contributed by atoms with Crippen molar-refractivity contribution in [3.63, 3.8) is 0 Å². The van der Waals surface area contributed by atoms with Crippen LogP contribution in [0, 0.1) is 6.92 Å². The number of nitrogens with zero attached hydrogens (tertiary/aromatic N) is 1. The molecular formula is C14H17N3OS. The third kappa shape index (κ3) is 4.06. The van der Waals surface area contributed by atoms with Gasteiger partial charge in [0.05, 0.1) is 11.6 Å². The molecule has 4 nitrogen and oxygen atoms in total. The molecule has 0 spiro atoms. The van der Waals surface area contributed by atoms with Crippen LogP contribution in [0.4, 0.5) is 5.69 Å². The van der Waals surface area contributed by atoms with Gasteiger partial charge in [-0.3, -0.25) is 4.79 Å². The van der Waals surface area contributed by atoms with Crippen LogP contribution in [0.5, 0.6) is 0 Å². The molecule has 0 fully saturated rings. The lowest BCUT2D eigenvalue weighted by atomic mass is 10.1. The van der Waals surface area contributed by atoms with Crippen molar-refractivity contribution in [1.82, 2.24) is 10.3 Å². The Morgan fingerprint density at radius 2 is 2.21 bits per heavy atom. The van der Waals surface area contributed by atoms with Crippen LogP contribution < -0.4 is 11.1 Å². The molecule has 1 amide bonds. The highest BCUT2D eigenvalue weighted by molar-refractivity contribution is 7.11. The fraction of sp³-hybridized carbons (Fsp3) is 0.286. The van der Waals surface area contributed by atoms with Gasteiger partial charge in [-0.05, 0) is 25.0 Å². The quantitative estimate of drug-likeness (QED) is 0.823. The van der Waals surface area contributed by atoms with Gasteiger partial charge in [-0.1, -0.05) is 18.2 Å². The van der Waals surface area contributed by atoms with Crippen molar-refractivity contribution in [2.75, 3.05) is 5.73 Å². The Morgan fingerprint density at radius 1 is 1.42 bits per heavy atom. The number of thiazole rings is 1. The number of hydrogen-bond donors (Lipinski definition) is 2. The largest absolute Gasteiger partial charge is 0.399 e. The number of benzene rings is 1. The molecule has 0 aliphatic rings. The summed E-state index contributed by atoms with van der Waals surface area (Å²) in [6.07, 6.45) is 2.92. The van der Waals surface area contributed by atoms with Crippen LogP contribution in [0.3, 0.4) is 0 Å². The molecule has 0 bridgehead atoms. The van der Waals surface area contributed by atoms with Gasteiger partial charge in [-0.2, -0.15) is 0 Å². The van der Waals surface area contributed by atoms with E-state index in [2.05, 4.69) is 10.3 Å². The first kappa shape index (κ1) is 13.5. The number of nitrogen functional groups attached to an aromatic ring is 1. The van der Waals surface area contributed by atoms with Gasteiger partial charge in [0.15, 0.2) is 0 Å². The van der Waals surface area contributed by atoms with Crippen molar-refractivity contribution < 1.29 is 4.79 Å². The number of amides is 1. The van der Waals surface area contributed by atoms with Gasteiger partial charge in [0, 0.05) is 23.2 Å². The molecule has 2 rings (SSSR count). The molecule has 3 N–H and O–H groups in total. The lowest BCUT2D eigenvalue weighted by Crippen LogP contribution is -2.22. The third-order valence-corrected chi connectivity index (χ3v) is 3.72. The zero-order valence-electron chi connectivity index (χ0n) is 10.8. The molecule has 0 saturated carbocycles. The summed E-state index contributed by atoms with van der Waals surface area (Å²) < 4.78 is 0. The fourth-order valence-electron chi connectivity index (χ4n) is 1.77. The van der Waals surface area contributed by atoms with Crippen LogP contribution in [-0.4, -0.2) is 10.9 Å². The van der Waals surface area contributed by atoms with Gasteiger partial charge in [0.1, 0.15) is 0 Å². The SMILES string of the molecule is Cc1ncc(CNC(=O)CCc2ccccc2N)s1. The minimum atomic E-state index is 0.0364. The van der Waals surface area contributed by atoms with E-state index in [1.165, 1.54) is 0 Å². The summed E-state index contributed by atoms with van der Waals surface area (Å²) in [5, 5.41) is 3.91. The number of hydrogen-bond acceptors (Lipinski definition) is 4. The summed E-state index contributed by atoms with van der Waals surface area (Å²) in [5.41, 5.74) is 7.60. The highest BCUT2D eigenvalue weighted by atomic mass is 32.1. The second-order valence-electron chi connectivity index (χ2n) is 4.32. The molecule has 0 radical (unpaired) electrons. The van der Waals surface area contributed by atoms with Crippen LogP contribution in [0.15, 0.2) is 30.5 Å². The number of aromatic nitrogens is 1. The normalized spacial score (nSPS) is 10.4. The lowest BCUT2D eigenvalue weighted by Gasteiger charge is -2.05. The van der Waals surface area contributed by atoms with E-state index in [4.69, 9.17) is 5.73 Å². The monoisotopic (exact) mass is 275 g/mol. The van der Waals surface area contributed by atoms with E-state index in [-0.39, 0.29) is 5.91 Å². The van der Waals surface area contributed by atoms with Gasteiger partial charge in [0.2, 0.25) is 5.91 Å². The zero-order chi connectivity index (χ0) is 13.7. The molecule has 0 saturated heterocycles. The molecule has 5 heteroatoms. The summed E-state index contributed by atoms with van der Waals surface area (Å²) in [5.74, 6) is 0.0364. The Balaban J connectivity index is 1.77. The van der Waals surface area contributed by atoms with Crippen LogP contribution in [-0.2, 0) is 17.8 Å². The van der Waals surface area contributed by atoms with Gasteiger partial charge in [0.25, 0.3) is 0 Å². The fourth-order valence-corrected chi connectivity index (χ4v) is 2.51. The topological polar surface area (TPSA) is 68.0 Å². The van der Waals surface area contributed by atoms with Crippen LogP contribution in [0.25, 0.3) is 0 Å². The summed E-state index contributed by atoms with van der Waals surface area (Å²) in [4.78, 5) is 17.0. The third-order valence-electron chi connectivity index (χ3n) is 2.81. The maximum absolute atomic E-state index is 11.7. The highest BCUT2D eigenvalue weighted by Gasteiger charge is 2.05. The predicted octanol–water partition coefficient (Wildman–Crippen LogP) is 2.28. The summed E-state index contributed by atoms with van der Waals surface area (Å²) >= 11 is 1.60. The number of carbonyl (C=O) groups excluding carboxylic acids is 1. The second kappa shape index (κ2) is 6.33. The molecule has 1 aromatic carbocycles. The first-order valence-corrected chi connectivity index (χ1v) is 6.98. The van der Waals surface area contributed by atoms with E-state index >= 15 is 0 Å². The molecule has 0 aliphatic heterocycles. The van der Waals surface area contributed by atoms with Crippen molar-refractivity contribution in [1.29, 1.82) is 0 Å². The van der Waals surface area contributed by atoms with Gasteiger partial charge >= 0.3 is 0 Å². The van der Waals surface area contributed by atoms with Gasteiger partial charge < -0.3 is 11.1 Å². The van der Waals surface area contributed by atoms with E-state index in [0.717, 1.165) is 21.1 Å². The van der Waals surface area contributed by atoms with Crippen LogP contribution in [0.2, 0.25) is 0 Å².